The van der Waals surface area contributed by atoms with E-state index >= 15 is 0 Å². The maximum absolute atomic E-state index is 13.4. The van der Waals surface area contributed by atoms with Gasteiger partial charge in [-0.2, -0.15) is 0 Å². The average Bonchev–Trinajstić information content (AvgIpc) is 3.21. The Morgan fingerprint density at radius 3 is 2.45 bits per heavy atom. The summed E-state index contributed by atoms with van der Waals surface area (Å²) in [5.74, 6) is -3.52. The summed E-state index contributed by atoms with van der Waals surface area (Å²) in [5, 5.41) is 0. The predicted molar refractivity (Wildman–Crippen MR) is 108 cm³/mol. The van der Waals surface area contributed by atoms with E-state index in [1.165, 1.54) is 13.2 Å². The molecule has 0 spiro atoms. The summed E-state index contributed by atoms with van der Waals surface area (Å²) in [6, 6.07) is 0. The summed E-state index contributed by atoms with van der Waals surface area (Å²) >= 11 is 0. The Kier molecular flexibility index (Phi) is 6.04. The molecule has 0 N–H and O–H groups in total. The second-order valence-corrected chi connectivity index (χ2v) is 9.24. The third-order valence-electron chi connectivity index (χ3n) is 6.61. The highest BCUT2D eigenvalue weighted by atomic mass is 16.6. The summed E-state index contributed by atoms with van der Waals surface area (Å²) in [6.45, 7) is 9.35. The first-order valence-electron chi connectivity index (χ1n) is 10.7. The van der Waals surface area contributed by atoms with Gasteiger partial charge in [-0.3, -0.25) is 4.79 Å². The monoisotopic (exact) mass is 434 g/mol. The Balaban J connectivity index is 2.27. The summed E-state index contributed by atoms with van der Waals surface area (Å²) in [4.78, 5) is 51.6. The number of rotatable bonds is 5. The van der Waals surface area contributed by atoms with E-state index in [-0.39, 0.29) is 30.3 Å². The van der Waals surface area contributed by atoms with Crippen molar-refractivity contribution in [1.82, 2.24) is 0 Å². The van der Waals surface area contributed by atoms with Crippen LogP contribution in [0.3, 0.4) is 0 Å². The summed E-state index contributed by atoms with van der Waals surface area (Å²) in [5.41, 5.74) is -1.68. The highest BCUT2D eigenvalue weighted by Gasteiger charge is 2.69. The van der Waals surface area contributed by atoms with Gasteiger partial charge in [-0.05, 0) is 37.2 Å². The molecule has 8 nitrogen and oxygen atoms in total. The molecule has 2 heterocycles. The van der Waals surface area contributed by atoms with E-state index in [4.69, 9.17) is 18.9 Å². The Hall–Kier alpha value is -2.64. The van der Waals surface area contributed by atoms with Crippen molar-refractivity contribution in [2.45, 2.75) is 60.0 Å². The third-order valence-corrected chi connectivity index (χ3v) is 6.61. The van der Waals surface area contributed by atoms with Gasteiger partial charge in [0.1, 0.15) is 11.2 Å². The van der Waals surface area contributed by atoms with Crippen molar-refractivity contribution in [3.63, 3.8) is 0 Å². The van der Waals surface area contributed by atoms with Crippen LogP contribution in [0.5, 0.6) is 0 Å². The molecule has 0 aromatic carbocycles. The van der Waals surface area contributed by atoms with E-state index in [0.717, 1.165) is 6.42 Å². The number of methoxy groups -OCH3 is 1. The maximum Gasteiger partial charge on any atom is 0.347 e. The largest absolute Gasteiger partial charge is 0.466 e. The molecule has 3 aliphatic rings. The van der Waals surface area contributed by atoms with E-state index < -0.39 is 46.7 Å². The molecule has 2 aliphatic heterocycles. The first-order valence-corrected chi connectivity index (χ1v) is 10.7. The molecule has 1 saturated carbocycles. The van der Waals surface area contributed by atoms with Crippen molar-refractivity contribution in [3.8, 4) is 0 Å². The quantitative estimate of drug-likeness (QED) is 0.370. The van der Waals surface area contributed by atoms with Crippen LogP contribution in [0.4, 0.5) is 0 Å². The predicted octanol–water partition coefficient (Wildman–Crippen LogP) is 2.85. The van der Waals surface area contributed by atoms with Crippen molar-refractivity contribution >= 4 is 23.9 Å². The molecule has 2 fully saturated rings. The molecular weight excluding hydrogens is 404 g/mol. The van der Waals surface area contributed by atoms with E-state index in [1.807, 2.05) is 27.7 Å². The molecule has 0 amide bonds. The fourth-order valence-corrected chi connectivity index (χ4v) is 5.30. The van der Waals surface area contributed by atoms with Crippen LogP contribution in [-0.4, -0.2) is 43.7 Å². The van der Waals surface area contributed by atoms with Gasteiger partial charge in [0.15, 0.2) is 0 Å². The number of carbonyl (C=O) groups excluding carboxylic acids is 4. The van der Waals surface area contributed by atoms with Gasteiger partial charge in [0, 0.05) is 11.5 Å². The second-order valence-electron chi connectivity index (χ2n) is 9.24. The van der Waals surface area contributed by atoms with Gasteiger partial charge < -0.3 is 18.9 Å². The molecule has 1 saturated heterocycles. The Morgan fingerprint density at radius 2 is 1.90 bits per heavy atom. The lowest BCUT2D eigenvalue weighted by Crippen LogP contribution is -2.51. The lowest BCUT2D eigenvalue weighted by molar-refractivity contribution is -0.164. The third kappa shape index (κ3) is 3.55. The zero-order valence-corrected chi connectivity index (χ0v) is 18.9. The van der Waals surface area contributed by atoms with Gasteiger partial charge >= 0.3 is 23.9 Å². The van der Waals surface area contributed by atoms with Crippen molar-refractivity contribution in [3.05, 3.63) is 23.0 Å². The standard InChI is InChI=1S/C23H30O8/c1-7-29-20(26)16-17-22(4,5)9-8-10-23(17,21(27)31-16)15(19(25)28-6)14-11-13(12(2)3)18(24)30-14/h11-12,16-17H,7-10H2,1-6H3/b15-14+/t16-,17-,23-/m0/s1. The number of hydrogen-bond donors (Lipinski definition) is 0. The number of hydrogen-bond acceptors (Lipinski definition) is 8. The van der Waals surface area contributed by atoms with Crippen molar-refractivity contribution in [2.75, 3.05) is 13.7 Å². The normalized spacial score (nSPS) is 30.9. The first kappa shape index (κ1) is 23.0. The molecule has 0 aromatic rings. The number of cyclic esters (lactones) is 2. The average molecular weight is 434 g/mol. The number of carbonyl (C=O) groups is 4. The lowest BCUT2D eigenvalue weighted by atomic mass is 9.52. The SMILES string of the molecule is CCOC(=O)[C@H]1OC(=O)[C@]2(/C(C(=O)OC)=C3\C=C(C(C)C)C(=O)O3)CCCC(C)(C)[C@H]12. The molecule has 0 bridgehead atoms. The zero-order valence-electron chi connectivity index (χ0n) is 18.9. The minimum Gasteiger partial charge on any atom is -0.466 e. The Morgan fingerprint density at radius 1 is 1.23 bits per heavy atom. The van der Waals surface area contributed by atoms with Crippen LogP contribution in [0.1, 0.15) is 53.9 Å². The number of esters is 4. The van der Waals surface area contributed by atoms with E-state index in [2.05, 4.69) is 0 Å². The fourth-order valence-electron chi connectivity index (χ4n) is 5.30. The van der Waals surface area contributed by atoms with Gasteiger partial charge in [-0.15, -0.1) is 0 Å². The minimum absolute atomic E-state index is 0.00953. The van der Waals surface area contributed by atoms with Crippen LogP contribution in [0.2, 0.25) is 0 Å². The van der Waals surface area contributed by atoms with Crippen LogP contribution in [-0.2, 0) is 38.1 Å². The fraction of sp³-hybridized carbons (Fsp3) is 0.652. The number of fused-ring (bicyclic) bond motifs is 1. The van der Waals surface area contributed by atoms with Gasteiger partial charge in [-0.25, -0.2) is 14.4 Å². The highest BCUT2D eigenvalue weighted by Crippen LogP contribution is 2.61. The van der Waals surface area contributed by atoms with Crippen LogP contribution >= 0.6 is 0 Å². The van der Waals surface area contributed by atoms with Gasteiger partial charge in [0.2, 0.25) is 6.10 Å². The van der Waals surface area contributed by atoms with E-state index in [1.54, 1.807) is 6.92 Å². The van der Waals surface area contributed by atoms with Crippen molar-refractivity contribution in [1.29, 1.82) is 0 Å². The molecule has 1 aliphatic carbocycles. The van der Waals surface area contributed by atoms with Crippen LogP contribution < -0.4 is 0 Å². The summed E-state index contributed by atoms with van der Waals surface area (Å²) in [7, 11) is 1.20. The summed E-state index contributed by atoms with van der Waals surface area (Å²) < 4.78 is 21.2. The van der Waals surface area contributed by atoms with Gasteiger partial charge in [-0.1, -0.05) is 34.1 Å². The maximum atomic E-state index is 13.4. The van der Waals surface area contributed by atoms with Gasteiger partial charge in [0.05, 0.1) is 19.3 Å². The molecule has 31 heavy (non-hydrogen) atoms. The Bertz CT molecular complexity index is 878. The van der Waals surface area contributed by atoms with E-state index in [0.29, 0.717) is 12.0 Å². The number of allylic oxidation sites excluding steroid dienone is 1. The van der Waals surface area contributed by atoms with Gasteiger partial charge in [0.25, 0.3) is 0 Å². The van der Waals surface area contributed by atoms with Crippen molar-refractivity contribution in [2.24, 2.45) is 22.7 Å². The molecule has 3 atom stereocenters. The molecular formula is C23H30O8. The van der Waals surface area contributed by atoms with Crippen LogP contribution in [0.15, 0.2) is 23.0 Å². The highest BCUT2D eigenvalue weighted by molar-refractivity contribution is 6.04. The summed E-state index contributed by atoms with van der Waals surface area (Å²) in [6.07, 6.45) is 1.96. The minimum atomic E-state index is -1.48. The van der Waals surface area contributed by atoms with E-state index in [9.17, 15) is 19.2 Å². The van der Waals surface area contributed by atoms with Crippen LogP contribution in [0.25, 0.3) is 0 Å². The Labute approximate surface area is 181 Å². The first-order chi connectivity index (χ1) is 14.5. The molecule has 0 radical (unpaired) electrons. The zero-order chi connectivity index (χ0) is 23.1. The molecule has 8 heteroatoms. The molecule has 3 rings (SSSR count). The number of ether oxygens (including phenoxy) is 4. The molecule has 0 unspecified atom stereocenters. The van der Waals surface area contributed by atoms with Crippen molar-refractivity contribution < 1.29 is 38.1 Å². The van der Waals surface area contributed by atoms with Crippen LogP contribution in [0, 0.1) is 22.7 Å². The molecule has 0 aromatic heterocycles. The smallest absolute Gasteiger partial charge is 0.347 e. The second kappa shape index (κ2) is 8.13. The lowest BCUT2D eigenvalue weighted by Gasteiger charge is -2.46. The molecule has 170 valence electrons. The topological polar surface area (TPSA) is 105 Å².